The van der Waals surface area contributed by atoms with Crippen LogP contribution in [0.5, 0.6) is 0 Å². The Kier molecular flexibility index (Phi) is 3.95. The fourth-order valence-corrected chi connectivity index (χ4v) is 2.91. The number of aromatic nitrogens is 1. The Morgan fingerprint density at radius 2 is 1.86 bits per heavy atom. The Morgan fingerprint density at radius 3 is 2.55 bits per heavy atom. The Morgan fingerprint density at radius 1 is 1.18 bits per heavy atom. The first-order valence-electron chi connectivity index (χ1n) is 6.85. The van der Waals surface area contributed by atoms with Crippen molar-refractivity contribution in [3.8, 4) is 0 Å². The van der Waals surface area contributed by atoms with Crippen molar-refractivity contribution in [3.63, 3.8) is 0 Å². The van der Waals surface area contributed by atoms with Crippen LogP contribution in [0.25, 0.3) is 0 Å². The molecule has 114 valence electrons. The molecule has 0 saturated heterocycles. The molecule has 22 heavy (non-hydrogen) atoms. The summed E-state index contributed by atoms with van der Waals surface area (Å²) in [5, 5.41) is 0. The molecule has 3 rings (SSSR count). The number of hydrogen-bond donors (Lipinski definition) is 0. The monoisotopic (exact) mass is 366 g/mol. The van der Waals surface area contributed by atoms with Crippen molar-refractivity contribution in [2.45, 2.75) is 26.3 Å². The second-order valence-electron chi connectivity index (χ2n) is 5.32. The minimum Gasteiger partial charge on any atom is -0.306 e. The average molecular weight is 367 g/mol. The molecule has 1 aromatic heterocycles. The van der Waals surface area contributed by atoms with Gasteiger partial charge in [0, 0.05) is 18.9 Å². The number of carbonyl (C=O) groups is 1. The Labute approximate surface area is 135 Å². The summed E-state index contributed by atoms with van der Waals surface area (Å²) in [6.45, 7) is 2.01. The number of carbonyl (C=O) groups excluding carboxylic acids is 1. The predicted octanol–water partition coefficient (Wildman–Crippen LogP) is 3.91. The highest BCUT2D eigenvalue weighted by Gasteiger charge is 2.26. The van der Waals surface area contributed by atoms with E-state index in [-0.39, 0.29) is 12.5 Å². The third-order valence-corrected chi connectivity index (χ3v) is 4.44. The van der Waals surface area contributed by atoms with Crippen molar-refractivity contribution in [3.05, 3.63) is 57.3 Å². The first-order chi connectivity index (χ1) is 10.4. The normalized spacial score (nSPS) is 14.2. The van der Waals surface area contributed by atoms with Crippen LogP contribution in [0.4, 0.5) is 14.5 Å². The highest BCUT2D eigenvalue weighted by molar-refractivity contribution is 9.10. The Bertz CT molecular complexity index is 744. The number of benzene rings is 1. The average Bonchev–Trinajstić information content (AvgIpc) is 2.43. The van der Waals surface area contributed by atoms with E-state index in [4.69, 9.17) is 0 Å². The molecule has 0 radical (unpaired) electrons. The van der Waals surface area contributed by atoms with Crippen molar-refractivity contribution in [1.82, 2.24) is 4.98 Å². The number of pyridine rings is 1. The molecular weight excluding hydrogens is 354 g/mol. The van der Waals surface area contributed by atoms with Crippen LogP contribution in [0.3, 0.4) is 0 Å². The number of halogens is 3. The molecule has 0 unspecified atom stereocenters. The molecule has 0 spiro atoms. The number of nitrogens with zero attached hydrogens (tertiary/aromatic N) is 2. The van der Waals surface area contributed by atoms with Gasteiger partial charge in [0.05, 0.1) is 17.9 Å². The molecular formula is C16H13BrF2N2O. The Hall–Kier alpha value is -1.82. The van der Waals surface area contributed by atoms with Crippen molar-refractivity contribution in [2.24, 2.45) is 0 Å². The first-order valence-corrected chi connectivity index (χ1v) is 7.64. The minimum atomic E-state index is -0.648. The van der Waals surface area contributed by atoms with E-state index in [9.17, 15) is 13.6 Å². The summed E-state index contributed by atoms with van der Waals surface area (Å²) in [5.41, 5.74) is 2.85. The van der Waals surface area contributed by atoms with Gasteiger partial charge in [-0.25, -0.2) is 13.8 Å². The molecule has 3 nitrogen and oxygen atoms in total. The lowest BCUT2D eigenvalue weighted by molar-refractivity contribution is -0.119. The second-order valence-corrected chi connectivity index (χ2v) is 6.07. The molecule has 1 aliphatic rings. The van der Waals surface area contributed by atoms with Crippen LogP contribution < -0.4 is 4.90 Å². The predicted molar refractivity (Wildman–Crippen MR) is 82.5 cm³/mol. The van der Waals surface area contributed by atoms with Gasteiger partial charge in [0.25, 0.3) is 0 Å². The second kappa shape index (κ2) is 5.76. The summed E-state index contributed by atoms with van der Waals surface area (Å²) in [6, 6.07) is 5.17. The fourth-order valence-electron chi connectivity index (χ4n) is 2.58. The topological polar surface area (TPSA) is 33.2 Å². The van der Waals surface area contributed by atoms with Gasteiger partial charge in [-0.05, 0) is 52.2 Å². The standard InChI is InChI=1S/C16H13BrF2N2O/c1-9-4-14-13(20-16(9)17)2-3-15(22)21(14)8-10-5-11(18)7-12(19)6-10/h4-7H,2-3,8H2,1H3. The maximum atomic E-state index is 13.3. The highest BCUT2D eigenvalue weighted by Crippen LogP contribution is 2.31. The van der Waals surface area contributed by atoms with E-state index in [0.717, 1.165) is 21.9 Å². The van der Waals surface area contributed by atoms with Gasteiger partial charge < -0.3 is 4.90 Å². The lowest BCUT2D eigenvalue weighted by Crippen LogP contribution is -2.35. The van der Waals surface area contributed by atoms with Gasteiger partial charge in [-0.15, -0.1) is 0 Å². The van der Waals surface area contributed by atoms with Gasteiger partial charge in [-0.3, -0.25) is 4.79 Å². The number of anilines is 1. The third-order valence-electron chi connectivity index (χ3n) is 3.64. The van der Waals surface area contributed by atoms with Gasteiger partial charge in [0.2, 0.25) is 5.91 Å². The third kappa shape index (κ3) is 2.88. The van der Waals surface area contributed by atoms with Crippen LogP contribution in [0, 0.1) is 18.6 Å². The van der Waals surface area contributed by atoms with Gasteiger partial charge in [-0.1, -0.05) is 0 Å². The zero-order valence-electron chi connectivity index (χ0n) is 11.9. The minimum absolute atomic E-state index is 0.0688. The maximum Gasteiger partial charge on any atom is 0.227 e. The molecule has 2 aromatic rings. The van der Waals surface area contributed by atoms with E-state index in [2.05, 4.69) is 20.9 Å². The maximum absolute atomic E-state index is 13.3. The van der Waals surface area contributed by atoms with Crippen LogP contribution in [-0.2, 0) is 17.8 Å². The molecule has 1 aliphatic heterocycles. The summed E-state index contributed by atoms with van der Waals surface area (Å²) in [6.07, 6.45) is 0.911. The lowest BCUT2D eigenvalue weighted by Gasteiger charge is -2.29. The van der Waals surface area contributed by atoms with Gasteiger partial charge in [0.1, 0.15) is 16.2 Å². The highest BCUT2D eigenvalue weighted by atomic mass is 79.9. The zero-order chi connectivity index (χ0) is 15.9. The lowest BCUT2D eigenvalue weighted by atomic mass is 10.0. The zero-order valence-corrected chi connectivity index (χ0v) is 13.5. The fraction of sp³-hybridized carbons (Fsp3) is 0.250. The van der Waals surface area contributed by atoms with Crippen molar-refractivity contribution >= 4 is 27.5 Å². The molecule has 0 bridgehead atoms. The van der Waals surface area contributed by atoms with E-state index in [0.29, 0.717) is 24.1 Å². The van der Waals surface area contributed by atoms with Crippen molar-refractivity contribution < 1.29 is 13.6 Å². The molecule has 0 fully saturated rings. The molecule has 1 aromatic carbocycles. The Balaban J connectivity index is 2.00. The van der Waals surface area contributed by atoms with E-state index in [1.54, 1.807) is 4.90 Å². The molecule has 0 atom stereocenters. The van der Waals surface area contributed by atoms with E-state index >= 15 is 0 Å². The molecule has 6 heteroatoms. The first kappa shape index (κ1) is 15.1. The summed E-state index contributed by atoms with van der Waals surface area (Å²) in [7, 11) is 0. The van der Waals surface area contributed by atoms with Crippen molar-refractivity contribution in [1.29, 1.82) is 0 Å². The number of amides is 1. The number of rotatable bonds is 2. The van der Waals surface area contributed by atoms with Crippen LogP contribution in [0.1, 0.15) is 23.2 Å². The van der Waals surface area contributed by atoms with Gasteiger partial charge in [-0.2, -0.15) is 0 Å². The molecule has 0 saturated carbocycles. The largest absolute Gasteiger partial charge is 0.306 e. The van der Waals surface area contributed by atoms with Crippen molar-refractivity contribution in [2.75, 3.05) is 4.90 Å². The number of aryl methyl sites for hydroxylation is 2. The van der Waals surface area contributed by atoms with E-state index in [1.807, 2.05) is 13.0 Å². The smallest absolute Gasteiger partial charge is 0.227 e. The summed E-state index contributed by atoms with van der Waals surface area (Å²) < 4.78 is 27.4. The SMILES string of the molecule is Cc1cc2c(nc1Br)CCC(=O)N2Cc1cc(F)cc(F)c1. The molecule has 1 amide bonds. The molecule has 0 aliphatic carbocycles. The van der Waals surface area contributed by atoms with Crippen LogP contribution in [0.15, 0.2) is 28.9 Å². The van der Waals surface area contributed by atoms with Gasteiger partial charge in [0.15, 0.2) is 0 Å². The van der Waals surface area contributed by atoms with Crippen LogP contribution in [-0.4, -0.2) is 10.9 Å². The summed E-state index contributed by atoms with van der Waals surface area (Å²) in [4.78, 5) is 18.2. The summed E-state index contributed by atoms with van der Waals surface area (Å²) >= 11 is 3.38. The number of hydrogen-bond acceptors (Lipinski definition) is 2. The van der Waals surface area contributed by atoms with Gasteiger partial charge >= 0.3 is 0 Å². The molecule has 2 heterocycles. The quantitative estimate of drug-likeness (QED) is 0.755. The number of fused-ring (bicyclic) bond motifs is 1. The summed E-state index contributed by atoms with van der Waals surface area (Å²) in [5.74, 6) is -1.37. The van der Waals surface area contributed by atoms with E-state index in [1.165, 1.54) is 12.1 Å². The van der Waals surface area contributed by atoms with Crippen LogP contribution >= 0.6 is 15.9 Å². The van der Waals surface area contributed by atoms with Crippen LogP contribution in [0.2, 0.25) is 0 Å². The van der Waals surface area contributed by atoms with E-state index < -0.39 is 11.6 Å². The molecule has 0 N–H and O–H groups in total.